The Morgan fingerprint density at radius 3 is 2.46 bits per heavy atom. The molecule has 1 aliphatic heterocycles. The molecular formula is C21H29N3O2. The number of piperidine rings is 1. The molecule has 1 aromatic heterocycles. The van der Waals surface area contributed by atoms with Gasteiger partial charge in [0, 0.05) is 38.0 Å². The van der Waals surface area contributed by atoms with Crippen LogP contribution in [-0.4, -0.2) is 52.9 Å². The lowest BCUT2D eigenvalue weighted by Crippen LogP contribution is -2.38. The summed E-state index contributed by atoms with van der Waals surface area (Å²) in [7, 11) is 1.69. The molecule has 0 aliphatic carbocycles. The lowest BCUT2D eigenvalue weighted by atomic mass is 9.88. The average Bonchev–Trinajstić information content (AvgIpc) is 2.69. The van der Waals surface area contributed by atoms with Gasteiger partial charge in [-0.25, -0.2) is 9.97 Å². The summed E-state index contributed by atoms with van der Waals surface area (Å²) in [6, 6.07) is 10.3. The van der Waals surface area contributed by atoms with Crippen molar-refractivity contribution < 1.29 is 9.84 Å². The average molecular weight is 355 g/mol. The van der Waals surface area contributed by atoms with Crippen molar-refractivity contribution >= 4 is 0 Å². The van der Waals surface area contributed by atoms with E-state index in [-0.39, 0.29) is 6.10 Å². The van der Waals surface area contributed by atoms with Crippen molar-refractivity contribution in [1.29, 1.82) is 0 Å². The second kappa shape index (κ2) is 9.76. The molecule has 1 fully saturated rings. The number of nitrogens with zero attached hydrogens (tertiary/aromatic N) is 3. The number of rotatable bonds is 8. The van der Waals surface area contributed by atoms with E-state index in [1.54, 1.807) is 7.11 Å². The highest BCUT2D eigenvalue weighted by molar-refractivity contribution is 5.15. The van der Waals surface area contributed by atoms with Gasteiger partial charge in [0.05, 0.1) is 12.7 Å². The first-order valence-corrected chi connectivity index (χ1v) is 9.47. The minimum Gasteiger partial charge on any atom is -0.392 e. The van der Waals surface area contributed by atoms with E-state index in [2.05, 4.69) is 27.0 Å². The van der Waals surface area contributed by atoms with Crippen LogP contribution in [0.4, 0.5) is 0 Å². The van der Waals surface area contributed by atoms with Crippen LogP contribution in [0.3, 0.4) is 0 Å². The summed E-state index contributed by atoms with van der Waals surface area (Å²) in [6.45, 7) is 3.56. The fourth-order valence-corrected chi connectivity index (χ4v) is 3.56. The lowest BCUT2D eigenvalue weighted by Gasteiger charge is -2.34. The van der Waals surface area contributed by atoms with Gasteiger partial charge in [-0.15, -0.1) is 0 Å². The number of benzene rings is 1. The maximum absolute atomic E-state index is 10.6. The van der Waals surface area contributed by atoms with Crippen LogP contribution in [0.2, 0.25) is 0 Å². The van der Waals surface area contributed by atoms with Crippen molar-refractivity contribution in [3.05, 3.63) is 59.7 Å². The van der Waals surface area contributed by atoms with Gasteiger partial charge in [0.1, 0.15) is 5.82 Å². The first-order chi connectivity index (χ1) is 12.7. The number of aromatic nitrogens is 2. The topological polar surface area (TPSA) is 58.5 Å². The van der Waals surface area contributed by atoms with Crippen molar-refractivity contribution in [1.82, 2.24) is 14.9 Å². The number of aliphatic hydroxyl groups excluding tert-OH is 1. The van der Waals surface area contributed by atoms with Crippen LogP contribution in [-0.2, 0) is 24.1 Å². The molecule has 1 atom stereocenters. The molecule has 1 N–H and O–H groups in total. The highest BCUT2D eigenvalue weighted by atomic mass is 16.5. The first-order valence-electron chi connectivity index (χ1n) is 9.47. The fourth-order valence-electron chi connectivity index (χ4n) is 3.56. The van der Waals surface area contributed by atoms with Gasteiger partial charge in [-0.2, -0.15) is 0 Å². The number of ether oxygens (including phenoxy) is 1. The summed E-state index contributed by atoms with van der Waals surface area (Å²) in [5.74, 6) is 1.22. The maximum atomic E-state index is 10.6. The third-order valence-corrected chi connectivity index (χ3v) is 5.16. The van der Waals surface area contributed by atoms with Crippen molar-refractivity contribution in [2.75, 3.05) is 26.8 Å². The normalized spacial score (nSPS) is 17.3. The van der Waals surface area contributed by atoms with Crippen LogP contribution in [0.15, 0.2) is 42.7 Å². The predicted molar refractivity (Wildman–Crippen MR) is 102 cm³/mol. The Morgan fingerprint density at radius 1 is 1.12 bits per heavy atom. The van der Waals surface area contributed by atoms with Gasteiger partial charge in [-0.1, -0.05) is 30.3 Å². The third-order valence-electron chi connectivity index (χ3n) is 5.16. The Hall–Kier alpha value is -1.82. The lowest BCUT2D eigenvalue weighted by molar-refractivity contribution is 0.0576. The Labute approximate surface area is 156 Å². The molecule has 2 aromatic rings. The van der Waals surface area contributed by atoms with E-state index < -0.39 is 0 Å². The second-order valence-corrected chi connectivity index (χ2v) is 7.12. The van der Waals surface area contributed by atoms with E-state index in [1.807, 2.05) is 30.6 Å². The van der Waals surface area contributed by atoms with Gasteiger partial charge < -0.3 is 9.84 Å². The summed E-state index contributed by atoms with van der Waals surface area (Å²) in [6.07, 6.45) is 7.19. The van der Waals surface area contributed by atoms with E-state index in [9.17, 15) is 5.11 Å². The largest absolute Gasteiger partial charge is 0.392 e. The molecule has 0 saturated carbocycles. The Kier molecular flexibility index (Phi) is 7.12. The number of aliphatic hydroxyl groups is 1. The zero-order chi connectivity index (χ0) is 18.2. The Balaban J connectivity index is 1.43. The molecule has 3 rings (SSSR count). The highest BCUT2D eigenvalue weighted by Gasteiger charge is 2.25. The van der Waals surface area contributed by atoms with Crippen LogP contribution in [0, 0.1) is 5.92 Å². The number of methoxy groups -OCH3 is 1. The molecular weight excluding hydrogens is 326 g/mol. The van der Waals surface area contributed by atoms with Crippen molar-refractivity contribution in [2.45, 2.75) is 38.3 Å². The van der Waals surface area contributed by atoms with Gasteiger partial charge in [0.25, 0.3) is 0 Å². The summed E-state index contributed by atoms with van der Waals surface area (Å²) in [4.78, 5) is 11.3. The SMILES string of the molecule is COCCc1ncc(CN2CCC(C(O)Cc3ccccc3)CC2)cn1. The first kappa shape index (κ1) is 19.0. The molecule has 0 spiro atoms. The van der Waals surface area contributed by atoms with Crippen LogP contribution < -0.4 is 0 Å². The molecule has 5 nitrogen and oxygen atoms in total. The highest BCUT2D eigenvalue weighted by Crippen LogP contribution is 2.24. The molecule has 0 bridgehead atoms. The monoisotopic (exact) mass is 355 g/mol. The van der Waals surface area contributed by atoms with Crippen LogP contribution in [0.5, 0.6) is 0 Å². The number of likely N-dealkylation sites (tertiary alicyclic amines) is 1. The van der Waals surface area contributed by atoms with E-state index in [1.165, 1.54) is 5.56 Å². The maximum Gasteiger partial charge on any atom is 0.130 e. The van der Waals surface area contributed by atoms with E-state index >= 15 is 0 Å². The van der Waals surface area contributed by atoms with Crippen molar-refractivity contribution in [2.24, 2.45) is 5.92 Å². The molecule has 1 aromatic carbocycles. The fraction of sp³-hybridized carbons (Fsp3) is 0.524. The summed E-state index contributed by atoms with van der Waals surface area (Å²) in [5, 5.41) is 10.6. The Bertz CT molecular complexity index is 640. The molecule has 5 heteroatoms. The van der Waals surface area contributed by atoms with Gasteiger partial charge in [0.2, 0.25) is 0 Å². The van der Waals surface area contributed by atoms with Gasteiger partial charge in [-0.3, -0.25) is 4.90 Å². The number of hydrogen-bond acceptors (Lipinski definition) is 5. The molecule has 26 heavy (non-hydrogen) atoms. The van der Waals surface area contributed by atoms with Crippen molar-refractivity contribution in [3.63, 3.8) is 0 Å². The molecule has 140 valence electrons. The summed E-state index contributed by atoms with van der Waals surface area (Å²) in [5.41, 5.74) is 2.36. The Morgan fingerprint density at radius 2 is 1.81 bits per heavy atom. The molecule has 0 amide bonds. The van der Waals surface area contributed by atoms with E-state index in [4.69, 9.17) is 4.74 Å². The standard InChI is InChI=1S/C21H29N3O2/c1-26-12-9-21-22-14-18(15-23-21)16-24-10-7-19(8-11-24)20(25)13-17-5-3-2-4-6-17/h2-6,14-15,19-20,25H,7-13,16H2,1H3. The minimum atomic E-state index is -0.247. The molecule has 0 radical (unpaired) electrons. The zero-order valence-corrected chi connectivity index (χ0v) is 15.6. The predicted octanol–water partition coefficient (Wildman–Crippen LogP) is 2.48. The molecule has 1 unspecified atom stereocenters. The van der Waals surface area contributed by atoms with Crippen molar-refractivity contribution in [3.8, 4) is 0 Å². The smallest absolute Gasteiger partial charge is 0.130 e. The van der Waals surface area contributed by atoms with Crippen LogP contribution >= 0.6 is 0 Å². The minimum absolute atomic E-state index is 0.247. The van der Waals surface area contributed by atoms with Gasteiger partial charge >= 0.3 is 0 Å². The quantitative estimate of drug-likeness (QED) is 0.788. The van der Waals surface area contributed by atoms with Gasteiger partial charge in [-0.05, 0) is 43.8 Å². The summed E-state index contributed by atoms with van der Waals surface area (Å²) < 4.78 is 5.06. The van der Waals surface area contributed by atoms with Crippen LogP contribution in [0.1, 0.15) is 29.8 Å². The second-order valence-electron chi connectivity index (χ2n) is 7.12. The van der Waals surface area contributed by atoms with E-state index in [0.29, 0.717) is 12.5 Å². The van der Waals surface area contributed by atoms with Gasteiger partial charge in [0.15, 0.2) is 0 Å². The van der Waals surface area contributed by atoms with Crippen LogP contribution in [0.25, 0.3) is 0 Å². The van der Waals surface area contributed by atoms with E-state index in [0.717, 1.165) is 56.7 Å². The third kappa shape index (κ3) is 5.59. The molecule has 2 heterocycles. The summed E-state index contributed by atoms with van der Waals surface area (Å²) >= 11 is 0. The molecule has 1 aliphatic rings. The molecule has 1 saturated heterocycles. The zero-order valence-electron chi connectivity index (χ0n) is 15.6. The number of hydrogen-bond donors (Lipinski definition) is 1.